The van der Waals surface area contributed by atoms with Gasteiger partial charge in [-0.25, -0.2) is 0 Å². The van der Waals surface area contributed by atoms with Gasteiger partial charge in [0.1, 0.15) is 11.4 Å². The molecule has 1 amide bonds. The van der Waals surface area contributed by atoms with E-state index in [1.807, 2.05) is 0 Å². The number of H-pyrrole nitrogens is 1. The summed E-state index contributed by atoms with van der Waals surface area (Å²) < 4.78 is 0. The van der Waals surface area contributed by atoms with Crippen LogP contribution in [-0.4, -0.2) is 16.0 Å². The zero-order chi connectivity index (χ0) is 13.0. The molecule has 3 N–H and O–H groups in total. The maximum absolute atomic E-state index is 11.7. The normalized spacial score (nSPS) is 10.0. The minimum absolute atomic E-state index is 0.178. The molecule has 0 aliphatic carbocycles. The molecule has 18 heavy (non-hydrogen) atoms. The van der Waals surface area contributed by atoms with E-state index in [2.05, 4.69) is 10.3 Å². The highest BCUT2D eigenvalue weighted by Crippen LogP contribution is 2.09. The van der Waals surface area contributed by atoms with Crippen LogP contribution in [0.4, 0.5) is 0 Å². The van der Waals surface area contributed by atoms with E-state index >= 15 is 0 Å². The molecule has 0 spiro atoms. The predicted octanol–water partition coefficient (Wildman–Crippen LogP) is 1.01. The van der Waals surface area contributed by atoms with E-state index < -0.39 is 0 Å². The van der Waals surface area contributed by atoms with Crippen LogP contribution in [0.3, 0.4) is 0 Å². The molecule has 0 bridgehead atoms. The van der Waals surface area contributed by atoms with Crippen molar-refractivity contribution in [3.8, 4) is 5.75 Å². The van der Waals surface area contributed by atoms with Crippen LogP contribution in [0.15, 0.2) is 47.3 Å². The summed E-state index contributed by atoms with van der Waals surface area (Å²) >= 11 is 0. The fourth-order valence-corrected chi connectivity index (χ4v) is 1.47. The summed E-state index contributed by atoms with van der Waals surface area (Å²) in [5, 5.41) is 11.8. The van der Waals surface area contributed by atoms with Gasteiger partial charge in [-0.2, -0.15) is 0 Å². The second kappa shape index (κ2) is 5.18. The number of benzene rings is 1. The summed E-state index contributed by atoms with van der Waals surface area (Å²) in [5.74, 6) is -0.168. The lowest BCUT2D eigenvalue weighted by molar-refractivity contribution is 0.0945. The van der Waals surface area contributed by atoms with E-state index in [9.17, 15) is 9.59 Å². The van der Waals surface area contributed by atoms with Crippen LogP contribution in [0.5, 0.6) is 5.75 Å². The summed E-state index contributed by atoms with van der Waals surface area (Å²) in [6.07, 6.45) is 0. The molecular weight excluding hydrogens is 232 g/mol. The van der Waals surface area contributed by atoms with Crippen LogP contribution >= 0.6 is 0 Å². The fraction of sp³-hybridized carbons (Fsp3) is 0.0769. The Balaban J connectivity index is 2.00. The summed E-state index contributed by atoms with van der Waals surface area (Å²) in [7, 11) is 0. The highest BCUT2D eigenvalue weighted by Gasteiger charge is 2.05. The SMILES string of the molecule is O=C(NCc1ccc(O)cc1)c1cccc(=O)[nH]1. The second-order valence-corrected chi connectivity index (χ2v) is 3.78. The molecule has 0 radical (unpaired) electrons. The van der Waals surface area contributed by atoms with Crippen LogP contribution in [-0.2, 0) is 6.54 Å². The van der Waals surface area contributed by atoms with E-state index in [1.165, 1.54) is 18.2 Å². The Bertz CT molecular complexity index is 602. The molecule has 2 aromatic rings. The third kappa shape index (κ3) is 2.98. The molecule has 1 heterocycles. The Labute approximate surface area is 103 Å². The Hall–Kier alpha value is -2.56. The van der Waals surface area contributed by atoms with E-state index in [1.54, 1.807) is 24.3 Å². The molecule has 5 heteroatoms. The average molecular weight is 244 g/mol. The molecule has 0 saturated heterocycles. The van der Waals surface area contributed by atoms with Crippen LogP contribution in [0, 0.1) is 0 Å². The number of amides is 1. The Morgan fingerprint density at radius 2 is 1.89 bits per heavy atom. The number of nitrogens with one attached hydrogen (secondary N) is 2. The summed E-state index contributed by atoms with van der Waals surface area (Å²) in [5.41, 5.74) is 0.771. The zero-order valence-corrected chi connectivity index (χ0v) is 9.51. The van der Waals surface area contributed by atoms with Gasteiger partial charge in [0.2, 0.25) is 5.56 Å². The van der Waals surface area contributed by atoms with Gasteiger partial charge in [0.15, 0.2) is 0 Å². The molecule has 1 aromatic heterocycles. The van der Waals surface area contributed by atoms with Crippen molar-refractivity contribution >= 4 is 5.91 Å². The van der Waals surface area contributed by atoms with Crippen LogP contribution < -0.4 is 10.9 Å². The van der Waals surface area contributed by atoms with Crippen LogP contribution in [0.25, 0.3) is 0 Å². The van der Waals surface area contributed by atoms with Crippen molar-refractivity contribution in [1.29, 1.82) is 0 Å². The first-order valence-corrected chi connectivity index (χ1v) is 5.40. The number of phenolic OH excluding ortho intramolecular Hbond substituents is 1. The van der Waals surface area contributed by atoms with Gasteiger partial charge in [-0.05, 0) is 23.8 Å². The molecule has 0 unspecified atom stereocenters. The van der Waals surface area contributed by atoms with Gasteiger partial charge >= 0.3 is 0 Å². The van der Waals surface area contributed by atoms with Crippen molar-refractivity contribution in [3.05, 3.63) is 64.1 Å². The average Bonchev–Trinajstić information content (AvgIpc) is 2.38. The van der Waals surface area contributed by atoms with E-state index in [4.69, 9.17) is 5.11 Å². The molecule has 0 aliphatic rings. The van der Waals surface area contributed by atoms with E-state index in [-0.39, 0.29) is 22.9 Å². The molecule has 0 saturated carbocycles. The lowest BCUT2D eigenvalue weighted by Crippen LogP contribution is -2.25. The maximum atomic E-state index is 11.7. The maximum Gasteiger partial charge on any atom is 0.268 e. The van der Waals surface area contributed by atoms with Crippen molar-refractivity contribution in [2.24, 2.45) is 0 Å². The lowest BCUT2D eigenvalue weighted by Gasteiger charge is -2.05. The first-order chi connectivity index (χ1) is 8.65. The smallest absolute Gasteiger partial charge is 0.268 e. The summed E-state index contributed by atoms with van der Waals surface area (Å²) in [6.45, 7) is 0.329. The number of carbonyl (C=O) groups excluding carboxylic acids is 1. The van der Waals surface area contributed by atoms with Gasteiger partial charge in [0.05, 0.1) is 0 Å². The Morgan fingerprint density at radius 1 is 1.17 bits per heavy atom. The molecule has 1 aromatic carbocycles. The summed E-state index contributed by atoms with van der Waals surface area (Å²) in [4.78, 5) is 25.2. The highest BCUT2D eigenvalue weighted by molar-refractivity contribution is 5.92. The van der Waals surface area contributed by atoms with Gasteiger partial charge in [0, 0.05) is 12.6 Å². The van der Waals surface area contributed by atoms with Crippen molar-refractivity contribution < 1.29 is 9.90 Å². The number of phenols is 1. The van der Waals surface area contributed by atoms with Crippen molar-refractivity contribution in [3.63, 3.8) is 0 Å². The quantitative estimate of drug-likeness (QED) is 0.753. The number of aromatic nitrogens is 1. The third-order valence-corrected chi connectivity index (χ3v) is 2.40. The third-order valence-electron chi connectivity index (χ3n) is 2.40. The largest absolute Gasteiger partial charge is 0.508 e. The standard InChI is InChI=1S/C13H12N2O3/c16-10-6-4-9(5-7-10)8-14-13(18)11-2-1-3-12(17)15-11/h1-7,16H,8H2,(H,14,18)(H,15,17). The minimum atomic E-state index is -0.347. The van der Waals surface area contributed by atoms with Crippen molar-refractivity contribution in [1.82, 2.24) is 10.3 Å². The Kier molecular flexibility index (Phi) is 3.43. The number of rotatable bonds is 3. The second-order valence-electron chi connectivity index (χ2n) is 3.78. The minimum Gasteiger partial charge on any atom is -0.508 e. The zero-order valence-electron chi connectivity index (χ0n) is 9.51. The van der Waals surface area contributed by atoms with Gasteiger partial charge in [0.25, 0.3) is 5.91 Å². The fourth-order valence-electron chi connectivity index (χ4n) is 1.47. The van der Waals surface area contributed by atoms with Crippen molar-refractivity contribution in [2.75, 3.05) is 0 Å². The summed E-state index contributed by atoms with van der Waals surface area (Å²) in [6, 6.07) is 10.9. The number of pyridine rings is 1. The molecule has 0 atom stereocenters. The van der Waals surface area contributed by atoms with Crippen LogP contribution in [0.1, 0.15) is 16.1 Å². The highest BCUT2D eigenvalue weighted by atomic mass is 16.3. The molecule has 92 valence electrons. The van der Waals surface area contributed by atoms with Gasteiger partial charge < -0.3 is 15.4 Å². The van der Waals surface area contributed by atoms with Gasteiger partial charge in [-0.15, -0.1) is 0 Å². The monoisotopic (exact) mass is 244 g/mol. The molecule has 2 rings (SSSR count). The van der Waals surface area contributed by atoms with E-state index in [0.29, 0.717) is 6.54 Å². The number of hydrogen-bond donors (Lipinski definition) is 3. The van der Waals surface area contributed by atoms with Crippen molar-refractivity contribution in [2.45, 2.75) is 6.54 Å². The topological polar surface area (TPSA) is 82.2 Å². The number of carbonyl (C=O) groups is 1. The van der Waals surface area contributed by atoms with Crippen LogP contribution in [0.2, 0.25) is 0 Å². The molecule has 5 nitrogen and oxygen atoms in total. The molecular formula is C13H12N2O3. The van der Waals surface area contributed by atoms with Gasteiger partial charge in [-0.3, -0.25) is 9.59 Å². The Morgan fingerprint density at radius 3 is 2.56 bits per heavy atom. The number of hydrogen-bond acceptors (Lipinski definition) is 3. The van der Waals surface area contributed by atoms with Gasteiger partial charge in [-0.1, -0.05) is 18.2 Å². The number of aromatic hydroxyl groups is 1. The number of aromatic amines is 1. The molecule has 0 fully saturated rings. The lowest BCUT2D eigenvalue weighted by atomic mass is 10.2. The first kappa shape index (κ1) is 11.9. The van der Waals surface area contributed by atoms with E-state index in [0.717, 1.165) is 5.56 Å². The predicted molar refractivity (Wildman–Crippen MR) is 66.3 cm³/mol. The molecule has 0 aliphatic heterocycles. The first-order valence-electron chi connectivity index (χ1n) is 5.40.